The third kappa shape index (κ3) is 2.45. The van der Waals surface area contributed by atoms with E-state index >= 15 is 0 Å². The SMILES string of the molecule is CCNC1CCN(C(=O)c2ccnn2C)c2ccccc21. The molecule has 0 aliphatic carbocycles. The van der Waals surface area contributed by atoms with Crippen molar-refractivity contribution in [3.63, 3.8) is 0 Å². The molecule has 0 radical (unpaired) electrons. The molecule has 0 fully saturated rings. The molecule has 2 heterocycles. The van der Waals surface area contributed by atoms with Gasteiger partial charge in [-0.25, -0.2) is 0 Å². The summed E-state index contributed by atoms with van der Waals surface area (Å²) in [7, 11) is 1.80. The first kappa shape index (κ1) is 13.8. The van der Waals surface area contributed by atoms with Gasteiger partial charge in [-0.15, -0.1) is 0 Å². The number of aromatic nitrogens is 2. The van der Waals surface area contributed by atoms with Crippen LogP contribution in [0.2, 0.25) is 0 Å². The van der Waals surface area contributed by atoms with Gasteiger partial charge in [0.1, 0.15) is 5.69 Å². The Hall–Kier alpha value is -2.14. The van der Waals surface area contributed by atoms with E-state index in [4.69, 9.17) is 0 Å². The van der Waals surface area contributed by atoms with Crippen LogP contribution in [-0.4, -0.2) is 28.8 Å². The average Bonchev–Trinajstić information content (AvgIpc) is 2.93. The van der Waals surface area contributed by atoms with Crippen molar-refractivity contribution >= 4 is 11.6 Å². The number of nitrogens with zero attached hydrogens (tertiary/aromatic N) is 3. The smallest absolute Gasteiger partial charge is 0.276 e. The van der Waals surface area contributed by atoms with E-state index in [1.807, 2.05) is 23.1 Å². The first-order valence-electron chi connectivity index (χ1n) is 7.34. The Morgan fingerprint density at radius 1 is 1.38 bits per heavy atom. The normalized spacial score (nSPS) is 17.6. The molecular formula is C16H20N4O. The molecule has 1 aromatic heterocycles. The average molecular weight is 284 g/mol. The number of anilines is 1. The van der Waals surface area contributed by atoms with Gasteiger partial charge in [0.05, 0.1) is 0 Å². The number of hydrogen-bond donors (Lipinski definition) is 1. The van der Waals surface area contributed by atoms with Gasteiger partial charge in [-0.05, 0) is 30.7 Å². The Morgan fingerprint density at radius 2 is 2.19 bits per heavy atom. The zero-order chi connectivity index (χ0) is 14.8. The Kier molecular flexibility index (Phi) is 3.75. The maximum absolute atomic E-state index is 12.8. The van der Waals surface area contributed by atoms with Crippen molar-refractivity contribution in [3.8, 4) is 0 Å². The summed E-state index contributed by atoms with van der Waals surface area (Å²) in [5.74, 6) is 0.0115. The Balaban J connectivity index is 1.96. The number of fused-ring (bicyclic) bond motifs is 1. The van der Waals surface area contributed by atoms with Crippen molar-refractivity contribution < 1.29 is 4.79 Å². The molecule has 1 N–H and O–H groups in total. The third-order valence-corrected chi connectivity index (χ3v) is 3.98. The van der Waals surface area contributed by atoms with Crippen LogP contribution >= 0.6 is 0 Å². The van der Waals surface area contributed by atoms with Crippen molar-refractivity contribution in [2.24, 2.45) is 7.05 Å². The summed E-state index contributed by atoms with van der Waals surface area (Å²) in [4.78, 5) is 14.6. The first-order chi connectivity index (χ1) is 10.2. The molecule has 5 heteroatoms. The second-order valence-electron chi connectivity index (χ2n) is 5.25. The molecule has 1 atom stereocenters. The van der Waals surface area contributed by atoms with Crippen LogP contribution in [0.25, 0.3) is 0 Å². The van der Waals surface area contributed by atoms with Gasteiger partial charge in [-0.1, -0.05) is 25.1 Å². The van der Waals surface area contributed by atoms with E-state index in [1.165, 1.54) is 5.56 Å². The molecule has 0 bridgehead atoms. The maximum Gasteiger partial charge on any atom is 0.276 e. The van der Waals surface area contributed by atoms with Crippen LogP contribution in [0, 0.1) is 0 Å². The summed E-state index contributed by atoms with van der Waals surface area (Å²) in [6.45, 7) is 3.75. The van der Waals surface area contributed by atoms with E-state index in [-0.39, 0.29) is 5.91 Å². The summed E-state index contributed by atoms with van der Waals surface area (Å²) < 4.78 is 1.63. The van der Waals surface area contributed by atoms with E-state index < -0.39 is 0 Å². The fraction of sp³-hybridized carbons (Fsp3) is 0.375. The van der Waals surface area contributed by atoms with Crippen LogP contribution in [0.4, 0.5) is 5.69 Å². The molecule has 1 aliphatic heterocycles. The quantitative estimate of drug-likeness (QED) is 0.939. The minimum Gasteiger partial charge on any atom is -0.310 e. The molecule has 1 aromatic carbocycles. The highest BCUT2D eigenvalue weighted by Gasteiger charge is 2.29. The number of carbonyl (C=O) groups excluding carboxylic acids is 1. The predicted octanol–water partition coefficient (Wildman–Crippen LogP) is 2.12. The van der Waals surface area contributed by atoms with Gasteiger partial charge in [0, 0.05) is 31.5 Å². The van der Waals surface area contributed by atoms with E-state index in [9.17, 15) is 4.79 Å². The number of rotatable bonds is 3. The standard InChI is InChI=1S/C16H20N4O/c1-3-17-13-9-11-20(14-7-5-4-6-12(13)14)16(21)15-8-10-18-19(15)2/h4-8,10,13,17H,3,9,11H2,1-2H3. The molecule has 1 amide bonds. The molecule has 110 valence electrons. The second-order valence-corrected chi connectivity index (χ2v) is 5.25. The molecule has 21 heavy (non-hydrogen) atoms. The zero-order valence-corrected chi connectivity index (χ0v) is 12.4. The van der Waals surface area contributed by atoms with E-state index in [0.717, 1.165) is 25.2 Å². The number of amides is 1. The number of benzene rings is 1. The molecule has 0 spiro atoms. The highest BCUT2D eigenvalue weighted by molar-refractivity contribution is 6.05. The summed E-state index contributed by atoms with van der Waals surface area (Å²) in [6.07, 6.45) is 2.58. The van der Waals surface area contributed by atoms with Gasteiger partial charge in [0.25, 0.3) is 5.91 Å². The van der Waals surface area contributed by atoms with Crippen molar-refractivity contribution in [1.82, 2.24) is 15.1 Å². The number of aryl methyl sites for hydroxylation is 1. The molecule has 3 rings (SSSR count). The molecular weight excluding hydrogens is 264 g/mol. The van der Waals surface area contributed by atoms with Gasteiger partial charge >= 0.3 is 0 Å². The highest BCUT2D eigenvalue weighted by atomic mass is 16.2. The van der Waals surface area contributed by atoms with Gasteiger partial charge in [-0.2, -0.15) is 5.10 Å². The molecule has 0 saturated heterocycles. The van der Waals surface area contributed by atoms with E-state index in [2.05, 4.69) is 23.4 Å². The lowest BCUT2D eigenvalue weighted by Gasteiger charge is -2.34. The van der Waals surface area contributed by atoms with Gasteiger partial charge in [-0.3, -0.25) is 9.48 Å². The van der Waals surface area contributed by atoms with Gasteiger partial charge in [0.15, 0.2) is 0 Å². The number of nitrogens with one attached hydrogen (secondary N) is 1. The fourth-order valence-electron chi connectivity index (χ4n) is 2.95. The Labute approximate surface area is 124 Å². The summed E-state index contributed by atoms with van der Waals surface area (Å²) in [5, 5.41) is 7.58. The largest absolute Gasteiger partial charge is 0.310 e. The fourth-order valence-corrected chi connectivity index (χ4v) is 2.95. The van der Waals surface area contributed by atoms with Crippen molar-refractivity contribution in [2.45, 2.75) is 19.4 Å². The number of para-hydroxylation sites is 1. The lowest BCUT2D eigenvalue weighted by atomic mass is 9.96. The minimum absolute atomic E-state index is 0.0115. The van der Waals surface area contributed by atoms with Crippen molar-refractivity contribution in [3.05, 3.63) is 47.8 Å². The highest BCUT2D eigenvalue weighted by Crippen LogP contribution is 2.34. The molecule has 5 nitrogen and oxygen atoms in total. The first-order valence-corrected chi connectivity index (χ1v) is 7.34. The minimum atomic E-state index is 0.0115. The Morgan fingerprint density at radius 3 is 2.90 bits per heavy atom. The van der Waals surface area contributed by atoms with Gasteiger partial charge in [0.2, 0.25) is 0 Å². The second kappa shape index (κ2) is 5.69. The van der Waals surface area contributed by atoms with Crippen LogP contribution < -0.4 is 10.2 Å². The summed E-state index contributed by atoms with van der Waals surface area (Å²) >= 11 is 0. The summed E-state index contributed by atoms with van der Waals surface area (Å²) in [5.41, 5.74) is 2.81. The number of hydrogen-bond acceptors (Lipinski definition) is 3. The molecule has 1 aliphatic rings. The lowest BCUT2D eigenvalue weighted by Crippen LogP contribution is -2.40. The van der Waals surface area contributed by atoms with Crippen molar-refractivity contribution in [1.29, 1.82) is 0 Å². The van der Waals surface area contributed by atoms with E-state index in [0.29, 0.717) is 11.7 Å². The van der Waals surface area contributed by atoms with E-state index in [1.54, 1.807) is 24.0 Å². The Bertz CT molecular complexity index is 649. The summed E-state index contributed by atoms with van der Waals surface area (Å²) in [6, 6.07) is 10.2. The van der Waals surface area contributed by atoms with Crippen molar-refractivity contribution in [2.75, 3.05) is 18.0 Å². The van der Waals surface area contributed by atoms with Crippen LogP contribution in [-0.2, 0) is 7.05 Å². The monoisotopic (exact) mass is 284 g/mol. The topological polar surface area (TPSA) is 50.2 Å². The molecule has 0 saturated carbocycles. The molecule has 2 aromatic rings. The number of carbonyl (C=O) groups is 1. The van der Waals surface area contributed by atoms with Crippen LogP contribution in [0.5, 0.6) is 0 Å². The third-order valence-electron chi connectivity index (χ3n) is 3.98. The maximum atomic E-state index is 12.8. The molecule has 1 unspecified atom stereocenters. The van der Waals surface area contributed by atoms with Crippen LogP contribution in [0.1, 0.15) is 35.4 Å². The lowest BCUT2D eigenvalue weighted by molar-refractivity contribution is 0.0974. The van der Waals surface area contributed by atoms with Gasteiger partial charge < -0.3 is 10.2 Å². The van der Waals surface area contributed by atoms with Crippen LogP contribution in [0.3, 0.4) is 0 Å². The van der Waals surface area contributed by atoms with Crippen LogP contribution in [0.15, 0.2) is 36.5 Å². The zero-order valence-electron chi connectivity index (χ0n) is 12.4. The predicted molar refractivity (Wildman–Crippen MR) is 82.4 cm³/mol.